The highest BCUT2D eigenvalue weighted by atomic mass is 127. The number of nitrogens with zero attached hydrogens (tertiary/aromatic N) is 2. The van der Waals surface area contributed by atoms with E-state index in [-0.39, 0.29) is 6.10 Å². The zero-order valence-electron chi connectivity index (χ0n) is 11.6. The number of aromatic amines is 1. The Balaban J connectivity index is 1.64. The van der Waals surface area contributed by atoms with Crippen LogP contribution in [0.1, 0.15) is 29.2 Å². The summed E-state index contributed by atoms with van der Waals surface area (Å²) in [5.74, 6) is 0.856. The molecule has 0 unspecified atom stereocenters. The van der Waals surface area contributed by atoms with Crippen molar-refractivity contribution < 1.29 is 4.74 Å². The maximum absolute atomic E-state index is 8.99. The lowest BCUT2D eigenvalue weighted by Gasteiger charge is -2.15. The van der Waals surface area contributed by atoms with Gasteiger partial charge in [-0.05, 0) is 76.9 Å². The number of nitriles is 1. The number of aromatic nitrogens is 2. The van der Waals surface area contributed by atoms with Gasteiger partial charge in [0.25, 0.3) is 0 Å². The first-order chi connectivity index (χ1) is 10.7. The van der Waals surface area contributed by atoms with Crippen LogP contribution in [0.3, 0.4) is 0 Å². The fourth-order valence-corrected chi connectivity index (χ4v) is 3.52. The molecular formula is C17H12IN3O. The average Bonchev–Trinajstić information content (AvgIpc) is 3.11. The third kappa shape index (κ3) is 2.24. The van der Waals surface area contributed by atoms with E-state index >= 15 is 0 Å². The van der Waals surface area contributed by atoms with Gasteiger partial charge in [0.05, 0.1) is 17.1 Å². The number of rotatable bonds is 2. The highest BCUT2D eigenvalue weighted by Gasteiger charge is 2.24. The van der Waals surface area contributed by atoms with E-state index in [0.717, 1.165) is 33.2 Å². The maximum atomic E-state index is 8.99. The number of hydrogen-bond donors (Lipinski definition) is 1. The molecule has 1 N–H and O–H groups in total. The number of halogens is 1. The molecule has 1 aliphatic carbocycles. The van der Waals surface area contributed by atoms with Crippen molar-refractivity contribution in [2.24, 2.45) is 0 Å². The highest BCUT2D eigenvalue weighted by molar-refractivity contribution is 14.1. The van der Waals surface area contributed by atoms with Crippen molar-refractivity contribution in [2.75, 3.05) is 0 Å². The molecule has 3 aromatic rings. The Bertz CT molecular complexity index is 910. The molecule has 5 heteroatoms. The van der Waals surface area contributed by atoms with E-state index in [1.54, 1.807) is 0 Å². The van der Waals surface area contributed by atoms with E-state index in [2.05, 4.69) is 38.9 Å². The van der Waals surface area contributed by atoms with Crippen LogP contribution in [-0.2, 0) is 6.42 Å². The van der Waals surface area contributed by atoms with E-state index in [0.29, 0.717) is 5.56 Å². The van der Waals surface area contributed by atoms with Gasteiger partial charge in [-0.2, -0.15) is 10.4 Å². The van der Waals surface area contributed by atoms with Gasteiger partial charge in [0.1, 0.15) is 15.6 Å². The van der Waals surface area contributed by atoms with E-state index in [4.69, 9.17) is 10.00 Å². The van der Waals surface area contributed by atoms with Gasteiger partial charge in [0, 0.05) is 5.39 Å². The number of hydrogen-bond acceptors (Lipinski definition) is 3. The minimum absolute atomic E-state index is 0.0600. The number of H-pyrrole nitrogens is 1. The van der Waals surface area contributed by atoms with Crippen LogP contribution in [0.5, 0.6) is 5.75 Å². The van der Waals surface area contributed by atoms with Gasteiger partial charge in [-0.1, -0.05) is 6.07 Å². The number of ether oxygens (including phenoxy) is 1. The van der Waals surface area contributed by atoms with Crippen LogP contribution < -0.4 is 4.74 Å². The molecule has 1 atom stereocenters. The molecule has 0 saturated heterocycles. The van der Waals surface area contributed by atoms with Gasteiger partial charge >= 0.3 is 0 Å². The second-order valence-electron chi connectivity index (χ2n) is 5.39. The van der Waals surface area contributed by atoms with E-state index < -0.39 is 0 Å². The van der Waals surface area contributed by atoms with Crippen LogP contribution >= 0.6 is 22.6 Å². The van der Waals surface area contributed by atoms with Crippen LogP contribution in [-0.4, -0.2) is 10.2 Å². The van der Waals surface area contributed by atoms with Crippen molar-refractivity contribution >= 4 is 33.5 Å². The molecule has 108 valence electrons. The third-order valence-corrected chi connectivity index (χ3v) is 4.87. The Labute approximate surface area is 141 Å². The van der Waals surface area contributed by atoms with Crippen LogP contribution in [0.15, 0.2) is 36.4 Å². The Morgan fingerprint density at radius 2 is 2.18 bits per heavy atom. The topological polar surface area (TPSA) is 61.7 Å². The molecule has 2 aromatic carbocycles. The Hall–Kier alpha value is -2.07. The first-order valence-corrected chi connectivity index (χ1v) is 8.15. The summed E-state index contributed by atoms with van der Waals surface area (Å²) >= 11 is 2.24. The smallest absolute Gasteiger partial charge is 0.124 e. The van der Waals surface area contributed by atoms with Crippen molar-refractivity contribution in [3.63, 3.8) is 0 Å². The molecule has 22 heavy (non-hydrogen) atoms. The van der Waals surface area contributed by atoms with Crippen molar-refractivity contribution in [3.05, 3.63) is 56.8 Å². The van der Waals surface area contributed by atoms with E-state index in [1.807, 2.05) is 36.4 Å². The average molecular weight is 401 g/mol. The molecule has 1 heterocycles. The normalized spacial score (nSPS) is 16.5. The number of fused-ring (bicyclic) bond motifs is 2. The summed E-state index contributed by atoms with van der Waals surface area (Å²) in [6.45, 7) is 0. The Morgan fingerprint density at radius 1 is 1.27 bits per heavy atom. The van der Waals surface area contributed by atoms with Gasteiger partial charge in [-0.15, -0.1) is 0 Å². The molecule has 4 nitrogen and oxygen atoms in total. The molecule has 0 saturated carbocycles. The minimum Gasteiger partial charge on any atom is -0.486 e. The maximum Gasteiger partial charge on any atom is 0.124 e. The van der Waals surface area contributed by atoms with Crippen molar-refractivity contribution in [1.29, 1.82) is 5.26 Å². The molecule has 0 spiro atoms. The summed E-state index contributed by atoms with van der Waals surface area (Å²) in [7, 11) is 0. The molecule has 0 aliphatic heterocycles. The predicted octanol–water partition coefficient (Wildman–Crippen LogP) is 4.11. The number of aryl methyl sites for hydroxylation is 1. The van der Waals surface area contributed by atoms with E-state index in [1.165, 1.54) is 11.1 Å². The lowest BCUT2D eigenvalue weighted by atomic mass is 10.1. The minimum atomic E-state index is 0.0600. The Kier molecular flexibility index (Phi) is 3.26. The summed E-state index contributed by atoms with van der Waals surface area (Å²) in [5.41, 5.74) is 4.08. The summed E-state index contributed by atoms with van der Waals surface area (Å²) < 4.78 is 7.20. The standard InChI is InChI=1S/C17H12IN3O/c18-17-14-8-12(3-5-15(14)20-21-17)22-16-6-2-11-7-10(9-19)1-4-13(11)16/h1,3-5,7-8,16H,2,6H2,(H,20,21)/t16-/m0/s1. The first kappa shape index (κ1) is 13.6. The van der Waals surface area contributed by atoms with Gasteiger partial charge < -0.3 is 4.74 Å². The van der Waals surface area contributed by atoms with Crippen LogP contribution in [0, 0.1) is 15.0 Å². The second-order valence-corrected chi connectivity index (χ2v) is 6.47. The predicted molar refractivity (Wildman–Crippen MR) is 91.7 cm³/mol. The zero-order chi connectivity index (χ0) is 15.1. The lowest BCUT2D eigenvalue weighted by Crippen LogP contribution is -2.03. The highest BCUT2D eigenvalue weighted by Crippen LogP contribution is 2.36. The van der Waals surface area contributed by atoms with Gasteiger partial charge in [0.2, 0.25) is 0 Å². The van der Waals surface area contributed by atoms with E-state index in [9.17, 15) is 0 Å². The van der Waals surface area contributed by atoms with Gasteiger partial charge in [-0.3, -0.25) is 5.10 Å². The molecule has 0 fully saturated rings. The number of nitrogens with one attached hydrogen (secondary N) is 1. The molecule has 4 rings (SSSR count). The number of benzene rings is 2. The fourth-order valence-electron chi connectivity index (χ4n) is 2.97. The van der Waals surface area contributed by atoms with Crippen LogP contribution in [0.4, 0.5) is 0 Å². The second kappa shape index (κ2) is 5.29. The largest absolute Gasteiger partial charge is 0.486 e. The Morgan fingerprint density at radius 3 is 3.05 bits per heavy atom. The van der Waals surface area contributed by atoms with Gasteiger partial charge in [-0.25, -0.2) is 0 Å². The fraction of sp³-hybridized carbons (Fsp3) is 0.176. The van der Waals surface area contributed by atoms with Crippen LogP contribution in [0.2, 0.25) is 0 Å². The molecule has 0 bridgehead atoms. The molecule has 1 aromatic heterocycles. The van der Waals surface area contributed by atoms with Crippen molar-refractivity contribution in [2.45, 2.75) is 18.9 Å². The van der Waals surface area contributed by atoms with Gasteiger partial charge in [0.15, 0.2) is 0 Å². The lowest BCUT2D eigenvalue weighted by molar-refractivity contribution is 0.208. The summed E-state index contributed by atoms with van der Waals surface area (Å²) in [6, 6.07) is 14.0. The van der Waals surface area contributed by atoms with Crippen molar-refractivity contribution in [3.8, 4) is 11.8 Å². The molecular weight excluding hydrogens is 389 g/mol. The molecule has 0 radical (unpaired) electrons. The van der Waals surface area contributed by atoms with Crippen LogP contribution in [0.25, 0.3) is 10.9 Å². The molecule has 1 aliphatic rings. The summed E-state index contributed by atoms with van der Waals surface area (Å²) in [6.07, 6.45) is 1.97. The quantitative estimate of drug-likeness (QED) is 0.658. The summed E-state index contributed by atoms with van der Waals surface area (Å²) in [4.78, 5) is 0. The zero-order valence-corrected chi connectivity index (χ0v) is 13.8. The third-order valence-electron chi connectivity index (χ3n) is 4.05. The SMILES string of the molecule is N#Cc1ccc2c(c1)CC[C@@H]2Oc1ccc2n[nH]c(I)c2c1. The first-order valence-electron chi connectivity index (χ1n) is 7.08. The van der Waals surface area contributed by atoms with Crippen molar-refractivity contribution in [1.82, 2.24) is 10.2 Å². The monoisotopic (exact) mass is 401 g/mol. The summed E-state index contributed by atoms with van der Waals surface area (Å²) in [5, 5.41) is 17.3. The molecule has 0 amide bonds.